The molecule has 1 aliphatic rings. The van der Waals surface area contributed by atoms with Gasteiger partial charge in [0.1, 0.15) is 5.82 Å². The van der Waals surface area contributed by atoms with Crippen LogP contribution in [0.1, 0.15) is 39.2 Å². The molecule has 122 valence electrons. The molecule has 1 aromatic rings. The van der Waals surface area contributed by atoms with Crippen LogP contribution in [0.15, 0.2) is 24.3 Å². The molecule has 1 aromatic carbocycles. The van der Waals surface area contributed by atoms with Crippen molar-refractivity contribution in [3.05, 3.63) is 35.6 Å². The molecule has 3 nitrogen and oxygen atoms in total. The number of rotatable bonds is 5. The fraction of sp³-hybridized carbons (Fsp3) is 0.611. The highest BCUT2D eigenvalue weighted by Crippen LogP contribution is 2.17. The molecular formula is C18H27FN2O. The quantitative estimate of drug-likeness (QED) is 0.834. The van der Waals surface area contributed by atoms with Crippen molar-refractivity contribution in [3.63, 3.8) is 0 Å². The molecule has 0 aliphatic carbocycles. The topological polar surface area (TPSA) is 23.6 Å². The summed E-state index contributed by atoms with van der Waals surface area (Å²) in [7, 11) is 0. The molecule has 1 aliphatic heterocycles. The molecular weight excluding hydrogens is 279 g/mol. The minimum Gasteiger partial charge on any atom is -0.340 e. The average molecular weight is 306 g/mol. The molecule has 1 heterocycles. The van der Waals surface area contributed by atoms with Crippen LogP contribution < -0.4 is 0 Å². The Bertz CT molecular complexity index is 504. The molecule has 1 fully saturated rings. The van der Waals surface area contributed by atoms with Crippen molar-refractivity contribution in [2.24, 2.45) is 0 Å². The molecule has 0 aromatic heterocycles. The molecule has 1 amide bonds. The maximum absolute atomic E-state index is 13.2. The Morgan fingerprint density at radius 3 is 2.77 bits per heavy atom. The SMILES string of the molecule is CC[C@@H]1CN(C(=O)CCc2cccc(F)c2)CCN1C(C)C. The molecule has 1 saturated heterocycles. The van der Waals surface area contributed by atoms with Gasteiger partial charge in [0.25, 0.3) is 0 Å². The van der Waals surface area contributed by atoms with Crippen molar-refractivity contribution >= 4 is 5.91 Å². The largest absolute Gasteiger partial charge is 0.340 e. The highest BCUT2D eigenvalue weighted by molar-refractivity contribution is 5.76. The first-order valence-corrected chi connectivity index (χ1v) is 8.29. The summed E-state index contributed by atoms with van der Waals surface area (Å²) in [5.74, 6) is -0.0485. The highest BCUT2D eigenvalue weighted by Gasteiger charge is 2.29. The summed E-state index contributed by atoms with van der Waals surface area (Å²) in [6.07, 6.45) is 2.13. The minimum atomic E-state index is -0.235. The fourth-order valence-electron chi connectivity index (χ4n) is 3.24. The van der Waals surface area contributed by atoms with Gasteiger partial charge in [0, 0.05) is 38.1 Å². The Morgan fingerprint density at radius 2 is 2.14 bits per heavy atom. The van der Waals surface area contributed by atoms with Crippen molar-refractivity contribution in [2.45, 2.75) is 52.1 Å². The van der Waals surface area contributed by atoms with Crippen molar-refractivity contribution in [1.82, 2.24) is 9.80 Å². The summed E-state index contributed by atoms with van der Waals surface area (Å²) in [6, 6.07) is 7.49. The molecule has 0 spiro atoms. The van der Waals surface area contributed by atoms with Crippen molar-refractivity contribution in [2.75, 3.05) is 19.6 Å². The lowest BCUT2D eigenvalue weighted by molar-refractivity contribution is -0.134. The monoisotopic (exact) mass is 306 g/mol. The standard InChI is InChI=1S/C18H27FN2O/c1-4-17-13-20(10-11-21(17)14(2)3)18(22)9-8-15-6-5-7-16(19)12-15/h5-7,12,14,17H,4,8-11,13H2,1-3H3/t17-/m1/s1. The molecule has 0 radical (unpaired) electrons. The average Bonchev–Trinajstić information content (AvgIpc) is 2.51. The fourth-order valence-corrected chi connectivity index (χ4v) is 3.24. The first-order valence-electron chi connectivity index (χ1n) is 8.29. The second-order valence-electron chi connectivity index (χ2n) is 6.36. The lowest BCUT2D eigenvalue weighted by Gasteiger charge is -2.43. The number of amides is 1. The van der Waals surface area contributed by atoms with E-state index >= 15 is 0 Å². The number of aryl methyl sites for hydroxylation is 1. The van der Waals surface area contributed by atoms with Crippen LogP contribution in [0.2, 0.25) is 0 Å². The lowest BCUT2D eigenvalue weighted by atomic mass is 10.1. The van der Waals surface area contributed by atoms with E-state index in [4.69, 9.17) is 0 Å². The zero-order valence-electron chi connectivity index (χ0n) is 13.9. The van der Waals surface area contributed by atoms with Crippen LogP contribution in [-0.4, -0.2) is 47.4 Å². The number of hydrogen-bond acceptors (Lipinski definition) is 2. The van der Waals surface area contributed by atoms with Crippen LogP contribution in [0, 0.1) is 5.82 Å². The Kier molecular flexibility index (Phi) is 5.95. The first kappa shape index (κ1) is 16.9. The van der Waals surface area contributed by atoms with Gasteiger partial charge in [0.15, 0.2) is 0 Å². The molecule has 0 unspecified atom stereocenters. The zero-order chi connectivity index (χ0) is 16.1. The van der Waals surface area contributed by atoms with E-state index in [1.165, 1.54) is 12.1 Å². The van der Waals surface area contributed by atoms with Gasteiger partial charge in [0.2, 0.25) is 5.91 Å². The normalized spacial score (nSPS) is 19.7. The van der Waals surface area contributed by atoms with E-state index < -0.39 is 0 Å². The van der Waals surface area contributed by atoms with E-state index in [1.54, 1.807) is 6.07 Å². The third-order valence-corrected chi connectivity index (χ3v) is 4.53. The number of carbonyl (C=O) groups is 1. The van der Waals surface area contributed by atoms with E-state index in [-0.39, 0.29) is 11.7 Å². The van der Waals surface area contributed by atoms with E-state index in [0.717, 1.165) is 31.6 Å². The van der Waals surface area contributed by atoms with Crippen LogP contribution >= 0.6 is 0 Å². The molecule has 4 heteroatoms. The number of carbonyl (C=O) groups excluding carboxylic acids is 1. The Hall–Kier alpha value is -1.42. The van der Waals surface area contributed by atoms with Gasteiger partial charge in [-0.1, -0.05) is 19.1 Å². The summed E-state index contributed by atoms with van der Waals surface area (Å²) >= 11 is 0. The maximum Gasteiger partial charge on any atom is 0.222 e. The van der Waals surface area contributed by atoms with E-state index in [2.05, 4.69) is 25.7 Å². The molecule has 0 saturated carbocycles. The summed E-state index contributed by atoms with van der Waals surface area (Å²) in [5.41, 5.74) is 0.890. The molecule has 0 N–H and O–H groups in total. The van der Waals surface area contributed by atoms with Gasteiger partial charge in [-0.25, -0.2) is 4.39 Å². The summed E-state index contributed by atoms with van der Waals surface area (Å²) in [4.78, 5) is 16.9. The van der Waals surface area contributed by atoms with E-state index in [1.807, 2.05) is 11.0 Å². The van der Waals surface area contributed by atoms with Crippen LogP contribution in [0.3, 0.4) is 0 Å². The van der Waals surface area contributed by atoms with E-state index in [9.17, 15) is 9.18 Å². The summed E-state index contributed by atoms with van der Waals surface area (Å²) in [5, 5.41) is 0. The molecule has 2 rings (SSSR count). The van der Waals surface area contributed by atoms with Gasteiger partial charge in [0.05, 0.1) is 0 Å². The van der Waals surface area contributed by atoms with Gasteiger partial charge in [-0.2, -0.15) is 0 Å². The van der Waals surface area contributed by atoms with Gasteiger partial charge < -0.3 is 4.90 Å². The summed E-state index contributed by atoms with van der Waals surface area (Å²) < 4.78 is 13.2. The van der Waals surface area contributed by atoms with Crippen molar-refractivity contribution in [1.29, 1.82) is 0 Å². The van der Waals surface area contributed by atoms with Crippen LogP contribution in [0.25, 0.3) is 0 Å². The second kappa shape index (κ2) is 7.73. The Labute approximate surface area is 133 Å². The lowest BCUT2D eigenvalue weighted by Crippen LogP contribution is -2.56. The van der Waals surface area contributed by atoms with Crippen LogP contribution in [0.5, 0.6) is 0 Å². The molecule has 1 atom stereocenters. The smallest absolute Gasteiger partial charge is 0.222 e. The van der Waals surface area contributed by atoms with Crippen LogP contribution in [0.4, 0.5) is 4.39 Å². The Balaban J connectivity index is 1.88. The van der Waals surface area contributed by atoms with Gasteiger partial charge >= 0.3 is 0 Å². The number of benzene rings is 1. The molecule has 22 heavy (non-hydrogen) atoms. The predicted octanol–water partition coefficient (Wildman–Crippen LogP) is 3.09. The zero-order valence-corrected chi connectivity index (χ0v) is 13.9. The number of piperazine rings is 1. The van der Waals surface area contributed by atoms with Gasteiger partial charge in [-0.15, -0.1) is 0 Å². The second-order valence-corrected chi connectivity index (χ2v) is 6.36. The maximum atomic E-state index is 13.2. The van der Waals surface area contributed by atoms with Gasteiger partial charge in [-0.05, 0) is 44.4 Å². The third kappa shape index (κ3) is 4.29. The van der Waals surface area contributed by atoms with Crippen LogP contribution in [-0.2, 0) is 11.2 Å². The van der Waals surface area contributed by atoms with Crippen molar-refractivity contribution in [3.8, 4) is 0 Å². The summed E-state index contributed by atoms with van der Waals surface area (Å²) in [6.45, 7) is 9.17. The highest BCUT2D eigenvalue weighted by atomic mass is 19.1. The first-order chi connectivity index (χ1) is 10.5. The van der Waals surface area contributed by atoms with Crippen molar-refractivity contribution < 1.29 is 9.18 Å². The third-order valence-electron chi connectivity index (χ3n) is 4.53. The molecule has 0 bridgehead atoms. The minimum absolute atomic E-state index is 0.186. The predicted molar refractivity (Wildman–Crippen MR) is 87.2 cm³/mol. The number of halogens is 1. The van der Waals surface area contributed by atoms with Gasteiger partial charge in [-0.3, -0.25) is 9.69 Å². The number of nitrogens with zero attached hydrogens (tertiary/aromatic N) is 2. The van der Waals surface area contributed by atoms with E-state index in [0.29, 0.717) is 24.9 Å². The number of hydrogen-bond donors (Lipinski definition) is 0. The Morgan fingerprint density at radius 1 is 1.36 bits per heavy atom.